The van der Waals surface area contributed by atoms with Crippen LogP contribution >= 0.6 is 0 Å². The molecule has 1 unspecified atom stereocenters. The second-order valence-corrected chi connectivity index (χ2v) is 5.98. The zero-order valence-electron chi connectivity index (χ0n) is 14.8. The zero-order chi connectivity index (χ0) is 19.8. The van der Waals surface area contributed by atoms with Crippen LogP contribution in [0.3, 0.4) is 0 Å². The minimum atomic E-state index is -0.655. The Morgan fingerprint density at radius 2 is 1.78 bits per heavy atom. The van der Waals surface area contributed by atoms with E-state index < -0.39 is 11.8 Å². The van der Waals surface area contributed by atoms with Crippen molar-refractivity contribution in [2.24, 2.45) is 5.73 Å². The summed E-state index contributed by atoms with van der Waals surface area (Å²) in [5, 5.41) is 7.71. The fraction of sp³-hybridized carbons (Fsp3) is 0.211. The van der Waals surface area contributed by atoms with Gasteiger partial charge in [-0.05, 0) is 42.3 Å². The number of hydrogen-bond acceptors (Lipinski definition) is 3. The molecule has 0 aliphatic heterocycles. The Labute approximate surface area is 156 Å². The summed E-state index contributed by atoms with van der Waals surface area (Å²) in [6.07, 6.45) is -0.00504. The molecule has 0 bridgehead atoms. The quantitative estimate of drug-likeness (QED) is 0.595. The van der Waals surface area contributed by atoms with Crippen molar-refractivity contribution in [3.05, 3.63) is 65.5 Å². The average Bonchev–Trinajstić information content (AvgIpc) is 2.60. The van der Waals surface area contributed by atoms with E-state index in [2.05, 4.69) is 16.0 Å². The van der Waals surface area contributed by atoms with Crippen LogP contribution in [0.4, 0.5) is 14.9 Å². The number of urea groups is 1. The molecule has 4 amide bonds. The van der Waals surface area contributed by atoms with Gasteiger partial charge in [-0.25, -0.2) is 9.18 Å². The van der Waals surface area contributed by atoms with E-state index in [1.807, 2.05) is 0 Å². The largest absolute Gasteiger partial charge is 0.351 e. The number of halogens is 1. The smallest absolute Gasteiger partial charge is 0.316 e. The lowest BCUT2D eigenvalue weighted by Gasteiger charge is -2.15. The number of nitrogens with one attached hydrogen (secondary N) is 3. The molecule has 0 aliphatic rings. The van der Waals surface area contributed by atoms with E-state index in [9.17, 15) is 18.8 Å². The van der Waals surface area contributed by atoms with Gasteiger partial charge in [0.2, 0.25) is 11.8 Å². The number of benzene rings is 2. The van der Waals surface area contributed by atoms with Gasteiger partial charge in [-0.15, -0.1) is 0 Å². The number of carbonyl (C=O) groups is 3. The first-order valence-electron chi connectivity index (χ1n) is 8.30. The molecule has 8 heteroatoms. The molecule has 0 fully saturated rings. The monoisotopic (exact) mass is 372 g/mol. The highest BCUT2D eigenvalue weighted by atomic mass is 19.1. The van der Waals surface area contributed by atoms with Crippen molar-refractivity contribution in [2.75, 3.05) is 11.9 Å². The van der Waals surface area contributed by atoms with Crippen molar-refractivity contribution in [3.63, 3.8) is 0 Å². The number of carbonyl (C=O) groups excluding carboxylic acids is 3. The minimum Gasteiger partial charge on any atom is -0.351 e. The third kappa shape index (κ3) is 6.77. The summed E-state index contributed by atoms with van der Waals surface area (Å²) >= 11 is 0. The molecule has 27 heavy (non-hydrogen) atoms. The van der Waals surface area contributed by atoms with Crippen LogP contribution in [-0.2, 0) is 16.0 Å². The number of amides is 4. The first kappa shape index (κ1) is 19.9. The van der Waals surface area contributed by atoms with E-state index in [1.54, 1.807) is 37.3 Å². The van der Waals surface area contributed by atoms with Crippen LogP contribution in [0.5, 0.6) is 0 Å². The molecule has 0 saturated heterocycles. The summed E-state index contributed by atoms with van der Waals surface area (Å²) in [5.41, 5.74) is 6.95. The Hall–Kier alpha value is -3.42. The lowest BCUT2D eigenvalue weighted by atomic mass is 10.1. The molecule has 142 valence electrons. The van der Waals surface area contributed by atoms with E-state index in [1.165, 1.54) is 18.2 Å². The van der Waals surface area contributed by atoms with Crippen molar-refractivity contribution in [2.45, 2.75) is 19.4 Å². The predicted octanol–water partition coefficient (Wildman–Crippen LogP) is 1.85. The highest BCUT2D eigenvalue weighted by Gasteiger charge is 2.11. The van der Waals surface area contributed by atoms with Crippen molar-refractivity contribution < 1.29 is 18.8 Å². The molecular formula is C19H21FN4O3. The summed E-state index contributed by atoms with van der Waals surface area (Å²) in [5.74, 6) is -1.14. The van der Waals surface area contributed by atoms with Gasteiger partial charge >= 0.3 is 6.03 Å². The molecule has 2 rings (SSSR count). The Morgan fingerprint density at radius 1 is 1.07 bits per heavy atom. The molecule has 7 nitrogen and oxygen atoms in total. The molecular weight excluding hydrogens is 351 g/mol. The van der Waals surface area contributed by atoms with Gasteiger partial charge in [0.25, 0.3) is 0 Å². The van der Waals surface area contributed by atoms with Crippen LogP contribution in [0.2, 0.25) is 0 Å². The Kier molecular flexibility index (Phi) is 6.87. The maximum absolute atomic E-state index is 13.1. The summed E-state index contributed by atoms with van der Waals surface area (Å²) in [6, 6.07) is 11.6. The summed E-state index contributed by atoms with van der Waals surface area (Å²) in [4.78, 5) is 34.6. The molecule has 2 aromatic rings. The molecule has 0 spiro atoms. The molecule has 0 saturated carbocycles. The van der Waals surface area contributed by atoms with Gasteiger partial charge in [-0.1, -0.05) is 24.3 Å². The molecule has 0 aliphatic carbocycles. The number of primary amides is 1. The van der Waals surface area contributed by atoms with E-state index in [0.29, 0.717) is 11.3 Å². The Bertz CT molecular complexity index is 824. The van der Waals surface area contributed by atoms with Crippen LogP contribution in [0.15, 0.2) is 48.5 Å². The van der Waals surface area contributed by atoms with Gasteiger partial charge in [-0.2, -0.15) is 0 Å². The van der Waals surface area contributed by atoms with Crippen LogP contribution < -0.4 is 21.7 Å². The van der Waals surface area contributed by atoms with Crippen LogP contribution in [0.1, 0.15) is 24.1 Å². The SMILES string of the molecule is CC(NC(=O)CNC(=O)Cc1cccc(F)c1)c1ccc(NC(N)=O)cc1. The summed E-state index contributed by atoms with van der Waals surface area (Å²) in [7, 11) is 0. The lowest BCUT2D eigenvalue weighted by Crippen LogP contribution is -2.38. The number of anilines is 1. The normalized spacial score (nSPS) is 11.3. The van der Waals surface area contributed by atoms with E-state index >= 15 is 0 Å². The number of rotatable bonds is 7. The van der Waals surface area contributed by atoms with Gasteiger partial charge in [0.05, 0.1) is 19.0 Å². The standard InChI is InChI=1S/C19H21FN4O3/c1-12(14-5-7-16(8-6-14)24-19(21)27)23-18(26)11-22-17(25)10-13-3-2-4-15(20)9-13/h2-9,12H,10-11H2,1H3,(H,22,25)(H,23,26)(H3,21,24,27). The fourth-order valence-corrected chi connectivity index (χ4v) is 2.45. The van der Waals surface area contributed by atoms with E-state index in [-0.39, 0.29) is 30.8 Å². The highest BCUT2D eigenvalue weighted by molar-refractivity contribution is 5.88. The Balaban J connectivity index is 1.79. The topological polar surface area (TPSA) is 113 Å². The van der Waals surface area contributed by atoms with Gasteiger partial charge in [-0.3, -0.25) is 9.59 Å². The summed E-state index contributed by atoms with van der Waals surface area (Å²) in [6.45, 7) is 1.61. The average molecular weight is 372 g/mol. The van der Waals surface area contributed by atoms with Crippen LogP contribution in [0, 0.1) is 5.82 Å². The van der Waals surface area contributed by atoms with E-state index in [0.717, 1.165) is 5.56 Å². The molecule has 0 radical (unpaired) electrons. The van der Waals surface area contributed by atoms with Crippen molar-refractivity contribution in [1.82, 2.24) is 10.6 Å². The van der Waals surface area contributed by atoms with Crippen molar-refractivity contribution in [1.29, 1.82) is 0 Å². The van der Waals surface area contributed by atoms with Gasteiger partial charge in [0.1, 0.15) is 5.82 Å². The number of hydrogen-bond donors (Lipinski definition) is 4. The van der Waals surface area contributed by atoms with Gasteiger partial charge in [0, 0.05) is 5.69 Å². The maximum Gasteiger partial charge on any atom is 0.316 e. The van der Waals surface area contributed by atoms with Crippen molar-refractivity contribution >= 4 is 23.5 Å². The van der Waals surface area contributed by atoms with Gasteiger partial charge in [0.15, 0.2) is 0 Å². The first-order valence-corrected chi connectivity index (χ1v) is 8.30. The first-order chi connectivity index (χ1) is 12.8. The summed E-state index contributed by atoms with van der Waals surface area (Å²) < 4.78 is 13.1. The molecule has 5 N–H and O–H groups in total. The number of nitrogens with two attached hydrogens (primary N) is 1. The molecule has 0 heterocycles. The zero-order valence-corrected chi connectivity index (χ0v) is 14.8. The lowest BCUT2D eigenvalue weighted by molar-refractivity contribution is -0.126. The Morgan fingerprint density at radius 3 is 2.41 bits per heavy atom. The van der Waals surface area contributed by atoms with E-state index in [4.69, 9.17) is 5.73 Å². The second-order valence-electron chi connectivity index (χ2n) is 5.98. The van der Waals surface area contributed by atoms with Crippen molar-refractivity contribution in [3.8, 4) is 0 Å². The van der Waals surface area contributed by atoms with Crippen LogP contribution in [-0.4, -0.2) is 24.4 Å². The molecule has 1 atom stereocenters. The fourth-order valence-electron chi connectivity index (χ4n) is 2.45. The van der Waals surface area contributed by atoms with Crippen LogP contribution in [0.25, 0.3) is 0 Å². The minimum absolute atomic E-state index is 0.00504. The molecule has 2 aromatic carbocycles. The molecule has 0 aromatic heterocycles. The third-order valence-electron chi connectivity index (χ3n) is 3.76. The highest BCUT2D eigenvalue weighted by Crippen LogP contribution is 2.15. The van der Waals surface area contributed by atoms with Gasteiger partial charge < -0.3 is 21.7 Å². The maximum atomic E-state index is 13.1. The predicted molar refractivity (Wildman–Crippen MR) is 99.3 cm³/mol. The second kappa shape index (κ2) is 9.33. The third-order valence-corrected chi connectivity index (χ3v) is 3.76.